The maximum Gasteiger partial charge on any atom is 0.433 e. The van der Waals surface area contributed by atoms with Crippen molar-refractivity contribution in [1.82, 2.24) is 4.98 Å². The molecule has 0 saturated carbocycles. The van der Waals surface area contributed by atoms with Crippen LogP contribution in [0, 0.1) is 0 Å². The minimum Gasteiger partial charge on any atom is -0.373 e. The van der Waals surface area contributed by atoms with E-state index in [0.717, 1.165) is 25.3 Å². The van der Waals surface area contributed by atoms with Gasteiger partial charge in [-0.3, -0.25) is 0 Å². The standard InChI is InChI=1S/C12H13F3N2O/c13-12(14,15)10-2-1-3-11(17-10)16-8-6-7-4-5-9(8)18-7/h1-3,7-9H,4-6H2,(H,16,17). The zero-order chi connectivity index (χ0) is 12.8. The maximum atomic E-state index is 12.5. The first-order valence-corrected chi connectivity index (χ1v) is 5.98. The molecule has 0 aromatic carbocycles. The summed E-state index contributed by atoms with van der Waals surface area (Å²) in [6.07, 6.45) is -1.14. The van der Waals surface area contributed by atoms with E-state index in [1.807, 2.05) is 0 Å². The van der Waals surface area contributed by atoms with Crippen molar-refractivity contribution in [2.75, 3.05) is 5.32 Å². The summed E-state index contributed by atoms with van der Waals surface area (Å²) in [4.78, 5) is 3.60. The molecule has 98 valence electrons. The number of hydrogen-bond donors (Lipinski definition) is 1. The van der Waals surface area contributed by atoms with E-state index in [-0.39, 0.29) is 24.1 Å². The Morgan fingerprint density at radius 2 is 2.11 bits per heavy atom. The van der Waals surface area contributed by atoms with E-state index in [2.05, 4.69) is 10.3 Å². The Balaban J connectivity index is 1.73. The van der Waals surface area contributed by atoms with Gasteiger partial charge in [0.1, 0.15) is 11.5 Å². The number of anilines is 1. The van der Waals surface area contributed by atoms with Crippen molar-refractivity contribution in [3.05, 3.63) is 23.9 Å². The van der Waals surface area contributed by atoms with Crippen LogP contribution < -0.4 is 5.32 Å². The monoisotopic (exact) mass is 258 g/mol. The van der Waals surface area contributed by atoms with Gasteiger partial charge < -0.3 is 10.1 Å². The summed E-state index contributed by atoms with van der Waals surface area (Å²) in [5.74, 6) is 0.269. The van der Waals surface area contributed by atoms with Gasteiger partial charge in [-0.1, -0.05) is 6.07 Å². The maximum absolute atomic E-state index is 12.5. The Hall–Kier alpha value is -1.30. The van der Waals surface area contributed by atoms with Crippen LogP contribution in [0.5, 0.6) is 0 Å². The molecule has 2 bridgehead atoms. The molecule has 0 amide bonds. The molecule has 3 heterocycles. The van der Waals surface area contributed by atoms with Gasteiger partial charge in [-0.25, -0.2) is 4.98 Å². The van der Waals surface area contributed by atoms with Crippen LogP contribution in [0.1, 0.15) is 25.0 Å². The Labute approximate surface area is 102 Å². The van der Waals surface area contributed by atoms with Crippen LogP contribution in [0.2, 0.25) is 0 Å². The Bertz CT molecular complexity index is 449. The van der Waals surface area contributed by atoms with Gasteiger partial charge in [-0.05, 0) is 31.4 Å². The summed E-state index contributed by atoms with van der Waals surface area (Å²) in [5, 5.41) is 3.05. The van der Waals surface area contributed by atoms with E-state index >= 15 is 0 Å². The van der Waals surface area contributed by atoms with E-state index < -0.39 is 11.9 Å². The van der Waals surface area contributed by atoms with Gasteiger partial charge in [0.15, 0.2) is 0 Å². The van der Waals surface area contributed by atoms with Gasteiger partial charge in [-0.2, -0.15) is 13.2 Å². The summed E-state index contributed by atoms with van der Waals surface area (Å²) in [5.41, 5.74) is -0.864. The van der Waals surface area contributed by atoms with Crippen LogP contribution >= 0.6 is 0 Å². The number of rotatable bonds is 2. The number of aromatic nitrogens is 1. The molecule has 2 fully saturated rings. The number of hydrogen-bond acceptors (Lipinski definition) is 3. The summed E-state index contributed by atoms with van der Waals surface area (Å²) in [6, 6.07) is 3.98. The highest BCUT2D eigenvalue weighted by Gasteiger charge is 2.41. The zero-order valence-corrected chi connectivity index (χ0v) is 9.57. The number of ether oxygens (including phenoxy) is 1. The Morgan fingerprint density at radius 3 is 2.72 bits per heavy atom. The highest BCUT2D eigenvalue weighted by atomic mass is 19.4. The predicted octanol–water partition coefficient (Wildman–Crippen LogP) is 2.83. The lowest BCUT2D eigenvalue weighted by molar-refractivity contribution is -0.141. The fourth-order valence-electron chi connectivity index (χ4n) is 2.65. The molecule has 1 aromatic rings. The third-order valence-corrected chi connectivity index (χ3v) is 3.48. The van der Waals surface area contributed by atoms with Crippen molar-refractivity contribution in [3.8, 4) is 0 Å². The fourth-order valence-corrected chi connectivity index (χ4v) is 2.65. The Morgan fingerprint density at radius 1 is 1.28 bits per heavy atom. The first-order valence-electron chi connectivity index (χ1n) is 5.98. The smallest absolute Gasteiger partial charge is 0.373 e. The van der Waals surface area contributed by atoms with E-state index in [1.54, 1.807) is 6.07 Å². The molecule has 3 unspecified atom stereocenters. The number of pyridine rings is 1. The third kappa shape index (κ3) is 2.16. The molecule has 3 nitrogen and oxygen atoms in total. The van der Waals surface area contributed by atoms with Crippen LogP contribution in [-0.2, 0) is 10.9 Å². The van der Waals surface area contributed by atoms with Gasteiger partial charge in [0.2, 0.25) is 0 Å². The first-order chi connectivity index (χ1) is 8.52. The average Bonchev–Trinajstić information content (AvgIpc) is 2.90. The highest BCUT2D eigenvalue weighted by Crippen LogP contribution is 2.36. The van der Waals surface area contributed by atoms with E-state index in [1.165, 1.54) is 6.07 Å². The fraction of sp³-hybridized carbons (Fsp3) is 0.583. The van der Waals surface area contributed by atoms with Crippen molar-refractivity contribution in [2.45, 2.75) is 43.7 Å². The first kappa shape index (κ1) is 11.8. The van der Waals surface area contributed by atoms with Crippen LogP contribution in [0.25, 0.3) is 0 Å². The lowest BCUT2D eigenvalue weighted by Crippen LogP contribution is -2.31. The minimum absolute atomic E-state index is 0.0831. The van der Waals surface area contributed by atoms with Crippen molar-refractivity contribution >= 4 is 5.82 Å². The van der Waals surface area contributed by atoms with Gasteiger partial charge in [0.05, 0.1) is 18.2 Å². The summed E-state index contributed by atoms with van der Waals surface area (Å²) in [6.45, 7) is 0. The SMILES string of the molecule is FC(F)(F)c1cccc(NC2CC3CCC2O3)n1. The largest absolute Gasteiger partial charge is 0.433 e. The number of alkyl halides is 3. The molecule has 0 radical (unpaired) electrons. The summed E-state index contributed by atoms with van der Waals surface area (Å²) in [7, 11) is 0. The molecular weight excluding hydrogens is 245 g/mol. The van der Waals surface area contributed by atoms with Crippen molar-refractivity contribution in [2.24, 2.45) is 0 Å². The number of nitrogens with one attached hydrogen (secondary N) is 1. The molecule has 2 saturated heterocycles. The van der Waals surface area contributed by atoms with Gasteiger partial charge >= 0.3 is 6.18 Å². The lowest BCUT2D eigenvalue weighted by atomic mass is 9.95. The molecule has 6 heteroatoms. The summed E-state index contributed by atoms with van der Waals surface area (Å²) < 4.78 is 43.2. The molecule has 0 spiro atoms. The number of fused-ring (bicyclic) bond motifs is 2. The summed E-state index contributed by atoms with van der Waals surface area (Å²) >= 11 is 0. The quantitative estimate of drug-likeness (QED) is 0.885. The number of nitrogens with zero attached hydrogens (tertiary/aromatic N) is 1. The second-order valence-corrected chi connectivity index (χ2v) is 4.77. The average molecular weight is 258 g/mol. The van der Waals surface area contributed by atoms with Crippen LogP contribution in [-0.4, -0.2) is 23.2 Å². The van der Waals surface area contributed by atoms with Crippen LogP contribution in [0.4, 0.5) is 19.0 Å². The van der Waals surface area contributed by atoms with E-state index in [0.29, 0.717) is 0 Å². The molecule has 18 heavy (non-hydrogen) atoms. The topological polar surface area (TPSA) is 34.1 Å². The van der Waals surface area contributed by atoms with Gasteiger partial charge in [0, 0.05) is 0 Å². The van der Waals surface area contributed by atoms with Gasteiger partial charge in [-0.15, -0.1) is 0 Å². The van der Waals surface area contributed by atoms with Crippen molar-refractivity contribution < 1.29 is 17.9 Å². The van der Waals surface area contributed by atoms with E-state index in [4.69, 9.17) is 4.74 Å². The second kappa shape index (κ2) is 4.12. The molecule has 0 aliphatic carbocycles. The van der Waals surface area contributed by atoms with E-state index in [9.17, 15) is 13.2 Å². The number of halogens is 3. The second-order valence-electron chi connectivity index (χ2n) is 4.77. The molecule has 3 atom stereocenters. The molecule has 2 aliphatic rings. The molecule has 3 rings (SSSR count). The van der Waals surface area contributed by atoms with Gasteiger partial charge in [0.25, 0.3) is 0 Å². The molecule has 2 aliphatic heterocycles. The normalized spacial score (nSPS) is 30.7. The van der Waals surface area contributed by atoms with Crippen molar-refractivity contribution in [3.63, 3.8) is 0 Å². The Kier molecular flexibility index (Phi) is 2.69. The molecule has 1 N–H and O–H groups in total. The van der Waals surface area contributed by atoms with Crippen LogP contribution in [0.15, 0.2) is 18.2 Å². The predicted molar refractivity (Wildman–Crippen MR) is 59.2 cm³/mol. The van der Waals surface area contributed by atoms with Crippen LogP contribution in [0.3, 0.4) is 0 Å². The minimum atomic E-state index is -4.40. The lowest BCUT2D eigenvalue weighted by Gasteiger charge is -2.21. The molecule has 1 aromatic heterocycles. The highest BCUT2D eigenvalue weighted by molar-refractivity contribution is 5.38. The third-order valence-electron chi connectivity index (χ3n) is 3.48. The van der Waals surface area contributed by atoms with Crippen molar-refractivity contribution in [1.29, 1.82) is 0 Å². The molecular formula is C12H13F3N2O. The zero-order valence-electron chi connectivity index (χ0n) is 9.57.